The molecule has 3 aromatic rings. The molecule has 1 aromatic carbocycles. The van der Waals surface area contributed by atoms with Gasteiger partial charge in [0.1, 0.15) is 0 Å². The van der Waals surface area contributed by atoms with Crippen molar-refractivity contribution in [3.63, 3.8) is 0 Å². The molecule has 21 heavy (non-hydrogen) atoms. The number of hydrogen-bond acceptors (Lipinski definition) is 4. The summed E-state index contributed by atoms with van der Waals surface area (Å²) in [5.74, 6) is 0. The van der Waals surface area contributed by atoms with Crippen molar-refractivity contribution in [1.82, 2.24) is 20.0 Å². The first-order chi connectivity index (χ1) is 10.3. The van der Waals surface area contributed by atoms with E-state index >= 15 is 0 Å². The third kappa shape index (κ3) is 2.92. The zero-order valence-electron chi connectivity index (χ0n) is 12.2. The maximum absolute atomic E-state index is 5.52. The Balaban J connectivity index is 1.95. The van der Waals surface area contributed by atoms with Crippen LogP contribution >= 0.6 is 0 Å². The van der Waals surface area contributed by atoms with Crippen molar-refractivity contribution < 1.29 is 0 Å². The molecule has 0 spiro atoms. The van der Waals surface area contributed by atoms with E-state index in [0.717, 1.165) is 53.8 Å². The van der Waals surface area contributed by atoms with E-state index in [1.54, 1.807) is 0 Å². The fourth-order valence-corrected chi connectivity index (χ4v) is 2.40. The molecule has 0 radical (unpaired) electrons. The van der Waals surface area contributed by atoms with E-state index in [1.807, 2.05) is 36.0 Å². The van der Waals surface area contributed by atoms with Gasteiger partial charge in [-0.05, 0) is 44.9 Å². The van der Waals surface area contributed by atoms with Crippen molar-refractivity contribution in [2.24, 2.45) is 5.73 Å². The Morgan fingerprint density at radius 2 is 2.05 bits per heavy atom. The van der Waals surface area contributed by atoms with Crippen LogP contribution in [0.3, 0.4) is 0 Å². The quantitative estimate of drug-likeness (QED) is 0.729. The van der Waals surface area contributed by atoms with Gasteiger partial charge in [-0.3, -0.25) is 4.98 Å². The number of fused-ring (bicyclic) bond motifs is 1. The summed E-state index contributed by atoms with van der Waals surface area (Å²) in [6, 6.07) is 10.2. The lowest BCUT2D eigenvalue weighted by Crippen LogP contribution is -1.99. The van der Waals surface area contributed by atoms with Crippen LogP contribution in [-0.4, -0.2) is 26.5 Å². The minimum Gasteiger partial charge on any atom is -0.330 e. The Morgan fingerprint density at radius 3 is 2.90 bits per heavy atom. The highest BCUT2D eigenvalue weighted by molar-refractivity contribution is 5.86. The van der Waals surface area contributed by atoms with Gasteiger partial charge >= 0.3 is 0 Å². The molecule has 5 heteroatoms. The summed E-state index contributed by atoms with van der Waals surface area (Å²) in [5.41, 5.74) is 9.43. The number of nitrogens with zero attached hydrogens (tertiary/aromatic N) is 4. The third-order valence-electron chi connectivity index (χ3n) is 3.51. The number of benzene rings is 1. The van der Waals surface area contributed by atoms with E-state index in [2.05, 4.69) is 27.4 Å². The molecule has 2 heterocycles. The van der Waals surface area contributed by atoms with Crippen molar-refractivity contribution in [2.75, 3.05) is 6.54 Å². The number of pyridine rings is 1. The molecule has 0 saturated heterocycles. The fourth-order valence-electron chi connectivity index (χ4n) is 2.40. The minimum atomic E-state index is 0.723. The highest BCUT2D eigenvalue weighted by Crippen LogP contribution is 2.20. The van der Waals surface area contributed by atoms with Crippen LogP contribution < -0.4 is 5.73 Å². The summed E-state index contributed by atoms with van der Waals surface area (Å²) in [6.45, 7) is 2.72. The van der Waals surface area contributed by atoms with E-state index in [1.165, 1.54) is 0 Å². The average molecular weight is 281 g/mol. The lowest BCUT2D eigenvalue weighted by molar-refractivity contribution is 0.727. The normalized spacial score (nSPS) is 11.1. The van der Waals surface area contributed by atoms with Crippen LogP contribution in [0.5, 0.6) is 0 Å². The molecule has 0 unspecified atom stereocenters. The lowest BCUT2D eigenvalue weighted by atomic mass is 10.1. The summed E-state index contributed by atoms with van der Waals surface area (Å²) >= 11 is 0. The van der Waals surface area contributed by atoms with Crippen molar-refractivity contribution in [2.45, 2.75) is 26.2 Å². The molecule has 5 nitrogen and oxygen atoms in total. The van der Waals surface area contributed by atoms with Gasteiger partial charge in [0, 0.05) is 11.1 Å². The van der Waals surface area contributed by atoms with E-state index in [4.69, 9.17) is 5.73 Å². The molecule has 108 valence electrons. The molecule has 0 amide bonds. The van der Waals surface area contributed by atoms with Gasteiger partial charge in [0.15, 0.2) is 0 Å². The van der Waals surface area contributed by atoms with Crippen LogP contribution in [0.2, 0.25) is 0 Å². The molecule has 0 aliphatic rings. The van der Waals surface area contributed by atoms with Crippen molar-refractivity contribution in [3.8, 4) is 5.69 Å². The third-order valence-corrected chi connectivity index (χ3v) is 3.51. The van der Waals surface area contributed by atoms with E-state index in [9.17, 15) is 0 Å². The van der Waals surface area contributed by atoms with Crippen LogP contribution in [0.1, 0.15) is 24.2 Å². The van der Waals surface area contributed by atoms with Crippen LogP contribution in [0, 0.1) is 6.92 Å². The number of aromatic nitrogens is 4. The van der Waals surface area contributed by atoms with Crippen molar-refractivity contribution in [1.29, 1.82) is 0 Å². The Labute approximate surface area is 123 Å². The van der Waals surface area contributed by atoms with Gasteiger partial charge in [-0.2, -0.15) is 0 Å². The summed E-state index contributed by atoms with van der Waals surface area (Å²) in [6.07, 6.45) is 4.95. The highest BCUT2D eigenvalue weighted by Gasteiger charge is 2.08. The number of nitrogens with two attached hydrogens (primary N) is 1. The molecule has 2 aromatic heterocycles. The molecular formula is C16H19N5. The second-order valence-electron chi connectivity index (χ2n) is 5.20. The molecule has 0 saturated carbocycles. The summed E-state index contributed by atoms with van der Waals surface area (Å²) in [4.78, 5) is 4.63. The number of hydrogen-bond donors (Lipinski definition) is 1. The van der Waals surface area contributed by atoms with Crippen LogP contribution in [0.15, 0.2) is 36.5 Å². The van der Waals surface area contributed by atoms with Gasteiger partial charge in [0.2, 0.25) is 0 Å². The SMILES string of the molecule is Cc1ccc2cccc(-n3cc(CCCCN)nn3)c2n1. The Morgan fingerprint density at radius 1 is 1.14 bits per heavy atom. The summed E-state index contributed by atoms with van der Waals surface area (Å²) in [7, 11) is 0. The average Bonchev–Trinajstić information content (AvgIpc) is 2.95. The minimum absolute atomic E-state index is 0.723. The molecule has 2 N–H and O–H groups in total. The Kier molecular flexibility index (Phi) is 3.92. The number of unbranched alkanes of at least 4 members (excludes halogenated alkanes) is 1. The fraction of sp³-hybridized carbons (Fsp3) is 0.312. The maximum Gasteiger partial charge on any atom is 0.0962 e. The Bertz CT molecular complexity index is 747. The van der Waals surface area contributed by atoms with Gasteiger partial charge in [-0.1, -0.05) is 23.4 Å². The van der Waals surface area contributed by atoms with Gasteiger partial charge in [0.05, 0.1) is 23.1 Å². The van der Waals surface area contributed by atoms with E-state index in [-0.39, 0.29) is 0 Å². The monoisotopic (exact) mass is 281 g/mol. The number of para-hydroxylation sites is 1. The lowest BCUT2D eigenvalue weighted by Gasteiger charge is -2.05. The van der Waals surface area contributed by atoms with Crippen molar-refractivity contribution >= 4 is 10.9 Å². The van der Waals surface area contributed by atoms with Crippen molar-refractivity contribution in [3.05, 3.63) is 47.9 Å². The summed E-state index contributed by atoms with van der Waals surface area (Å²) in [5, 5.41) is 9.59. The summed E-state index contributed by atoms with van der Waals surface area (Å²) < 4.78 is 1.81. The maximum atomic E-state index is 5.52. The molecule has 0 atom stereocenters. The smallest absolute Gasteiger partial charge is 0.0962 e. The highest BCUT2D eigenvalue weighted by atomic mass is 15.4. The largest absolute Gasteiger partial charge is 0.330 e. The van der Waals surface area contributed by atoms with Gasteiger partial charge in [-0.25, -0.2) is 4.68 Å². The first-order valence-corrected chi connectivity index (χ1v) is 7.26. The van der Waals surface area contributed by atoms with Crippen LogP contribution in [0.4, 0.5) is 0 Å². The molecule has 0 bridgehead atoms. The first kappa shape index (κ1) is 13.7. The molecule has 0 aliphatic heterocycles. The number of aryl methyl sites for hydroxylation is 2. The number of rotatable bonds is 5. The first-order valence-electron chi connectivity index (χ1n) is 7.26. The molecular weight excluding hydrogens is 262 g/mol. The second kappa shape index (κ2) is 6.01. The van der Waals surface area contributed by atoms with E-state index < -0.39 is 0 Å². The Hall–Kier alpha value is -2.27. The second-order valence-corrected chi connectivity index (χ2v) is 5.20. The van der Waals surface area contributed by atoms with Gasteiger partial charge in [-0.15, -0.1) is 5.10 Å². The topological polar surface area (TPSA) is 69.6 Å². The van der Waals surface area contributed by atoms with Crippen LogP contribution in [-0.2, 0) is 6.42 Å². The predicted octanol–water partition coefficient (Wildman–Crippen LogP) is 2.41. The predicted molar refractivity (Wildman–Crippen MR) is 83.4 cm³/mol. The standard InChI is InChI=1S/C16H19N5/c1-12-8-9-13-5-4-7-15(16(13)18-12)21-11-14(19-20-21)6-2-3-10-17/h4-5,7-9,11H,2-3,6,10,17H2,1H3. The molecule has 3 rings (SSSR count). The zero-order chi connectivity index (χ0) is 14.7. The van der Waals surface area contributed by atoms with Gasteiger partial charge in [0.25, 0.3) is 0 Å². The van der Waals surface area contributed by atoms with E-state index in [0.29, 0.717) is 0 Å². The zero-order valence-corrected chi connectivity index (χ0v) is 12.2. The molecule has 0 fully saturated rings. The molecule has 0 aliphatic carbocycles. The van der Waals surface area contributed by atoms with Gasteiger partial charge < -0.3 is 5.73 Å². The van der Waals surface area contributed by atoms with Crippen LogP contribution in [0.25, 0.3) is 16.6 Å².